The zero-order valence-corrected chi connectivity index (χ0v) is 9.37. The molecular formula is C10H15NO3S. The number of rotatable bonds is 4. The molecule has 0 aliphatic carbocycles. The van der Waals surface area contributed by atoms with Crippen LogP contribution in [0.5, 0.6) is 0 Å². The summed E-state index contributed by atoms with van der Waals surface area (Å²) in [5, 5.41) is 9.04. The Hall–Kier alpha value is -0.910. The van der Waals surface area contributed by atoms with Crippen molar-refractivity contribution in [1.29, 1.82) is 0 Å². The summed E-state index contributed by atoms with van der Waals surface area (Å²) in [6, 6.07) is 6.51. The summed E-state index contributed by atoms with van der Waals surface area (Å²) in [5.74, 6) is -0.202. The van der Waals surface area contributed by atoms with Crippen LogP contribution in [0.25, 0.3) is 0 Å². The molecule has 0 fully saturated rings. The Morgan fingerprint density at radius 3 is 2.60 bits per heavy atom. The lowest BCUT2D eigenvalue weighted by Crippen LogP contribution is -2.16. The van der Waals surface area contributed by atoms with E-state index in [2.05, 4.69) is 0 Å². The van der Waals surface area contributed by atoms with E-state index < -0.39 is 9.84 Å². The topological polar surface area (TPSA) is 80.4 Å². The van der Waals surface area contributed by atoms with Crippen molar-refractivity contribution in [3.05, 3.63) is 29.8 Å². The van der Waals surface area contributed by atoms with Crippen LogP contribution in [0.3, 0.4) is 0 Å². The van der Waals surface area contributed by atoms with Crippen molar-refractivity contribution in [3.63, 3.8) is 0 Å². The lowest BCUT2D eigenvalue weighted by Gasteiger charge is -2.12. The third-order valence-electron chi connectivity index (χ3n) is 2.26. The van der Waals surface area contributed by atoms with Crippen LogP contribution in [0.15, 0.2) is 29.2 Å². The molecule has 0 aliphatic rings. The van der Waals surface area contributed by atoms with Crippen molar-refractivity contribution >= 4 is 9.84 Å². The second kappa shape index (κ2) is 4.74. The van der Waals surface area contributed by atoms with Gasteiger partial charge in [-0.05, 0) is 17.7 Å². The highest BCUT2D eigenvalue weighted by atomic mass is 32.2. The summed E-state index contributed by atoms with van der Waals surface area (Å²) in [6.45, 7) is 0.216. The molecule has 1 aromatic rings. The molecule has 4 nitrogen and oxygen atoms in total. The van der Waals surface area contributed by atoms with Crippen molar-refractivity contribution in [1.82, 2.24) is 0 Å². The minimum absolute atomic E-state index is 0.0796. The Bertz CT molecular complexity index is 424. The molecule has 0 aromatic heterocycles. The molecule has 1 rings (SSSR count). The standard InChI is InChI=1S/C10H15NO3S/c1-15(13,14)10-4-2-3-8(5-10)9(6-11)7-12/h2-5,9,12H,6-7,11H2,1H3. The molecule has 1 aromatic carbocycles. The summed E-state index contributed by atoms with van der Waals surface area (Å²) >= 11 is 0. The van der Waals surface area contributed by atoms with E-state index >= 15 is 0 Å². The second-order valence-electron chi connectivity index (χ2n) is 3.46. The molecule has 1 unspecified atom stereocenters. The van der Waals surface area contributed by atoms with Crippen molar-refractivity contribution in [2.45, 2.75) is 10.8 Å². The van der Waals surface area contributed by atoms with Crippen molar-refractivity contribution in [2.75, 3.05) is 19.4 Å². The van der Waals surface area contributed by atoms with Crippen LogP contribution in [-0.2, 0) is 9.84 Å². The predicted molar refractivity (Wildman–Crippen MR) is 58.4 cm³/mol. The molecule has 0 aliphatic heterocycles. The van der Waals surface area contributed by atoms with E-state index in [-0.39, 0.29) is 17.4 Å². The van der Waals surface area contributed by atoms with E-state index in [1.807, 2.05) is 0 Å². The monoisotopic (exact) mass is 229 g/mol. The number of sulfone groups is 1. The fourth-order valence-electron chi connectivity index (χ4n) is 1.32. The fourth-order valence-corrected chi connectivity index (χ4v) is 1.99. The molecule has 0 spiro atoms. The number of nitrogens with two attached hydrogens (primary N) is 1. The molecule has 0 bridgehead atoms. The smallest absolute Gasteiger partial charge is 0.175 e. The molecule has 1 atom stereocenters. The van der Waals surface area contributed by atoms with Gasteiger partial charge in [0.1, 0.15) is 0 Å². The summed E-state index contributed by atoms with van der Waals surface area (Å²) in [4.78, 5) is 0.256. The summed E-state index contributed by atoms with van der Waals surface area (Å²) in [7, 11) is -3.20. The van der Waals surface area contributed by atoms with Crippen LogP contribution in [0, 0.1) is 0 Å². The lowest BCUT2D eigenvalue weighted by molar-refractivity contribution is 0.267. The van der Waals surface area contributed by atoms with Crippen LogP contribution >= 0.6 is 0 Å². The number of benzene rings is 1. The van der Waals surface area contributed by atoms with Crippen LogP contribution in [0.4, 0.5) is 0 Å². The Morgan fingerprint density at radius 2 is 2.13 bits per heavy atom. The second-order valence-corrected chi connectivity index (χ2v) is 5.48. The van der Waals surface area contributed by atoms with Gasteiger partial charge in [-0.15, -0.1) is 0 Å². The summed E-state index contributed by atoms with van der Waals surface area (Å²) in [5.41, 5.74) is 6.22. The zero-order chi connectivity index (χ0) is 11.5. The van der Waals surface area contributed by atoms with E-state index in [4.69, 9.17) is 10.8 Å². The van der Waals surface area contributed by atoms with Crippen LogP contribution in [-0.4, -0.2) is 32.9 Å². The quantitative estimate of drug-likeness (QED) is 0.768. The van der Waals surface area contributed by atoms with Crippen LogP contribution < -0.4 is 5.73 Å². The third-order valence-corrected chi connectivity index (χ3v) is 3.37. The number of aliphatic hydroxyl groups excluding tert-OH is 1. The SMILES string of the molecule is CS(=O)(=O)c1cccc(C(CN)CO)c1. The first-order valence-electron chi connectivity index (χ1n) is 4.60. The highest BCUT2D eigenvalue weighted by Gasteiger charge is 2.12. The molecule has 0 saturated heterocycles. The Labute approximate surface area is 89.7 Å². The molecule has 3 N–H and O–H groups in total. The van der Waals surface area contributed by atoms with Gasteiger partial charge in [0.2, 0.25) is 0 Å². The van der Waals surface area contributed by atoms with Crippen molar-refractivity contribution in [3.8, 4) is 0 Å². The Kier molecular flexibility index (Phi) is 3.84. The normalized spacial score (nSPS) is 13.8. The average Bonchev–Trinajstić information content (AvgIpc) is 2.19. The van der Waals surface area contributed by atoms with Gasteiger partial charge in [-0.3, -0.25) is 0 Å². The van der Waals surface area contributed by atoms with E-state index in [0.29, 0.717) is 6.54 Å². The Morgan fingerprint density at radius 1 is 1.47 bits per heavy atom. The van der Waals surface area contributed by atoms with Gasteiger partial charge >= 0.3 is 0 Å². The molecule has 5 heteroatoms. The highest BCUT2D eigenvalue weighted by molar-refractivity contribution is 7.90. The maximum Gasteiger partial charge on any atom is 0.175 e. The molecule has 84 valence electrons. The lowest BCUT2D eigenvalue weighted by atomic mass is 10.0. The van der Waals surface area contributed by atoms with Gasteiger partial charge in [-0.1, -0.05) is 12.1 Å². The molecule has 0 saturated carbocycles. The van der Waals surface area contributed by atoms with Gasteiger partial charge in [0.15, 0.2) is 9.84 Å². The summed E-state index contributed by atoms with van der Waals surface area (Å²) in [6.07, 6.45) is 1.16. The van der Waals surface area contributed by atoms with Gasteiger partial charge in [-0.25, -0.2) is 8.42 Å². The molecule has 0 amide bonds. The van der Waals surface area contributed by atoms with Gasteiger partial charge in [-0.2, -0.15) is 0 Å². The van der Waals surface area contributed by atoms with Gasteiger partial charge in [0, 0.05) is 18.7 Å². The van der Waals surface area contributed by atoms with Crippen LogP contribution in [0.1, 0.15) is 11.5 Å². The first-order valence-corrected chi connectivity index (χ1v) is 6.49. The largest absolute Gasteiger partial charge is 0.396 e. The van der Waals surface area contributed by atoms with E-state index in [1.165, 1.54) is 6.07 Å². The van der Waals surface area contributed by atoms with Crippen LogP contribution in [0.2, 0.25) is 0 Å². The van der Waals surface area contributed by atoms with Gasteiger partial charge in [0.25, 0.3) is 0 Å². The molecule has 15 heavy (non-hydrogen) atoms. The molecule has 0 radical (unpaired) electrons. The molecular weight excluding hydrogens is 214 g/mol. The van der Waals surface area contributed by atoms with Crippen molar-refractivity contribution < 1.29 is 13.5 Å². The first-order chi connectivity index (χ1) is 6.99. The Balaban J connectivity index is 3.13. The van der Waals surface area contributed by atoms with Gasteiger partial charge in [0.05, 0.1) is 11.5 Å². The fraction of sp³-hybridized carbons (Fsp3) is 0.400. The minimum atomic E-state index is -3.20. The zero-order valence-electron chi connectivity index (χ0n) is 8.55. The maximum absolute atomic E-state index is 11.3. The number of hydrogen-bond donors (Lipinski definition) is 2. The van der Waals surface area contributed by atoms with E-state index in [0.717, 1.165) is 11.8 Å². The van der Waals surface area contributed by atoms with E-state index in [9.17, 15) is 8.42 Å². The average molecular weight is 229 g/mol. The summed E-state index contributed by atoms with van der Waals surface area (Å²) < 4.78 is 22.6. The number of hydrogen-bond acceptors (Lipinski definition) is 4. The number of aliphatic hydroxyl groups is 1. The predicted octanol–water partition coefficient (Wildman–Crippen LogP) is 0.125. The van der Waals surface area contributed by atoms with E-state index in [1.54, 1.807) is 18.2 Å². The third kappa shape index (κ3) is 3.02. The minimum Gasteiger partial charge on any atom is -0.396 e. The first kappa shape index (κ1) is 12.2. The van der Waals surface area contributed by atoms with Gasteiger partial charge < -0.3 is 10.8 Å². The van der Waals surface area contributed by atoms with Crippen molar-refractivity contribution in [2.24, 2.45) is 5.73 Å². The maximum atomic E-state index is 11.3. The highest BCUT2D eigenvalue weighted by Crippen LogP contribution is 2.18. The molecule has 0 heterocycles.